The summed E-state index contributed by atoms with van der Waals surface area (Å²) in [6.45, 7) is 1.25. The molecule has 0 unspecified atom stereocenters. The van der Waals surface area contributed by atoms with Crippen LogP contribution in [0.5, 0.6) is 0 Å². The van der Waals surface area contributed by atoms with E-state index in [2.05, 4.69) is 9.47 Å². The Morgan fingerprint density at radius 2 is 1.39 bits per heavy atom. The van der Waals surface area contributed by atoms with Crippen LogP contribution in [0.1, 0.15) is 6.92 Å². The van der Waals surface area contributed by atoms with Gasteiger partial charge in [0, 0.05) is 0 Å². The van der Waals surface area contributed by atoms with Crippen molar-refractivity contribution in [2.75, 3.05) is 14.2 Å². The van der Waals surface area contributed by atoms with Crippen LogP contribution < -0.4 is 0 Å². The molecule has 9 heteroatoms. The second-order valence-electron chi connectivity index (χ2n) is 3.29. The molecule has 1 aliphatic rings. The molecule has 0 aromatic rings. The Balaban J connectivity index is 3.20. The van der Waals surface area contributed by atoms with Gasteiger partial charge in [0.25, 0.3) is 11.8 Å². The summed E-state index contributed by atoms with van der Waals surface area (Å²) in [4.78, 5) is 47.2. The molecule has 0 bridgehead atoms. The van der Waals surface area contributed by atoms with E-state index in [0.717, 1.165) is 14.2 Å². The maximum absolute atomic E-state index is 11.7. The zero-order chi connectivity index (χ0) is 14.0. The number of amides is 4. The van der Waals surface area contributed by atoms with Crippen molar-refractivity contribution in [1.29, 1.82) is 0 Å². The van der Waals surface area contributed by atoms with Crippen LogP contribution in [-0.2, 0) is 19.1 Å². The zero-order valence-corrected chi connectivity index (χ0v) is 10.6. The highest BCUT2D eigenvalue weighted by Crippen LogP contribution is 2.19. The van der Waals surface area contributed by atoms with Gasteiger partial charge in [-0.3, -0.25) is 9.59 Å². The standard InChI is InChI=1S/C9H10N2O6S/c1-4-5(12)10(8(14)16-2)7(18)11(6(4)13)9(15)17-3/h4H,1-3H3. The van der Waals surface area contributed by atoms with Gasteiger partial charge in [0.2, 0.25) is 5.11 Å². The third kappa shape index (κ3) is 2.04. The first-order chi connectivity index (χ1) is 8.36. The van der Waals surface area contributed by atoms with E-state index in [0.29, 0.717) is 9.80 Å². The third-order valence-corrected chi connectivity index (χ3v) is 2.64. The van der Waals surface area contributed by atoms with E-state index >= 15 is 0 Å². The highest BCUT2D eigenvalue weighted by molar-refractivity contribution is 7.80. The molecular weight excluding hydrogens is 264 g/mol. The lowest BCUT2D eigenvalue weighted by Crippen LogP contribution is -2.62. The molecule has 1 heterocycles. The molecule has 0 aromatic heterocycles. The summed E-state index contributed by atoms with van der Waals surface area (Å²) in [5.41, 5.74) is 0. The summed E-state index contributed by atoms with van der Waals surface area (Å²) in [6, 6.07) is 0. The van der Waals surface area contributed by atoms with E-state index in [9.17, 15) is 19.2 Å². The fourth-order valence-corrected chi connectivity index (χ4v) is 1.63. The van der Waals surface area contributed by atoms with Crippen LogP contribution in [0.3, 0.4) is 0 Å². The second kappa shape index (κ2) is 5.08. The Labute approximate surface area is 107 Å². The molecule has 0 saturated carbocycles. The molecule has 4 amide bonds. The number of nitrogens with zero attached hydrogens (tertiary/aromatic N) is 2. The summed E-state index contributed by atoms with van der Waals surface area (Å²) in [5.74, 6) is -2.93. The molecule has 1 fully saturated rings. The largest absolute Gasteiger partial charge is 0.452 e. The maximum Gasteiger partial charge on any atom is 0.422 e. The van der Waals surface area contributed by atoms with Crippen LogP contribution in [0.25, 0.3) is 0 Å². The number of hydrogen-bond donors (Lipinski definition) is 0. The summed E-state index contributed by atoms with van der Waals surface area (Å²) >= 11 is 4.75. The molecule has 1 rings (SSSR count). The summed E-state index contributed by atoms with van der Waals surface area (Å²) in [7, 11) is 2.09. The molecule has 8 nitrogen and oxygen atoms in total. The molecule has 0 N–H and O–H groups in total. The smallest absolute Gasteiger partial charge is 0.422 e. The highest BCUT2D eigenvalue weighted by atomic mass is 32.1. The summed E-state index contributed by atoms with van der Waals surface area (Å²) < 4.78 is 8.73. The maximum atomic E-state index is 11.7. The van der Waals surface area contributed by atoms with Gasteiger partial charge in [-0.05, 0) is 19.1 Å². The molecule has 18 heavy (non-hydrogen) atoms. The Morgan fingerprint density at radius 3 is 1.67 bits per heavy atom. The van der Waals surface area contributed by atoms with Crippen LogP contribution in [-0.4, -0.2) is 53.1 Å². The van der Waals surface area contributed by atoms with Gasteiger partial charge < -0.3 is 9.47 Å². The van der Waals surface area contributed by atoms with Crippen LogP contribution in [0, 0.1) is 5.92 Å². The van der Waals surface area contributed by atoms with Gasteiger partial charge in [-0.15, -0.1) is 0 Å². The molecule has 0 radical (unpaired) electrons. The first-order valence-corrected chi connectivity index (χ1v) is 5.15. The Bertz CT molecular complexity index is 410. The summed E-state index contributed by atoms with van der Waals surface area (Å²) in [5, 5.41) is -0.582. The van der Waals surface area contributed by atoms with Crippen molar-refractivity contribution >= 4 is 41.3 Å². The molecule has 1 aliphatic heterocycles. The van der Waals surface area contributed by atoms with E-state index in [4.69, 9.17) is 12.2 Å². The van der Waals surface area contributed by atoms with Crippen molar-refractivity contribution in [3.63, 3.8) is 0 Å². The monoisotopic (exact) mass is 274 g/mol. The minimum atomic E-state index is -1.23. The van der Waals surface area contributed by atoms with Crippen molar-refractivity contribution < 1.29 is 28.7 Å². The van der Waals surface area contributed by atoms with E-state index in [1.165, 1.54) is 6.92 Å². The van der Waals surface area contributed by atoms with Crippen LogP contribution in [0.2, 0.25) is 0 Å². The van der Waals surface area contributed by atoms with E-state index in [1.807, 2.05) is 0 Å². The van der Waals surface area contributed by atoms with Gasteiger partial charge in [0.05, 0.1) is 14.2 Å². The zero-order valence-electron chi connectivity index (χ0n) is 9.83. The van der Waals surface area contributed by atoms with Crippen molar-refractivity contribution in [2.24, 2.45) is 5.92 Å². The average molecular weight is 274 g/mol. The van der Waals surface area contributed by atoms with Gasteiger partial charge >= 0.3 is 12.2 Å². The molecule has 0 aliphatic carbocycles. The normalized spacial score (nSPS) is 16.9. The number of carbonyl (C=O) groups is 4. The van der Waals surface area contributed by atoms with Crippen molar-refractivity contribution in [2.45, 2.75) is 6.92 Å². The molecule has 98 valence electrons. The minimum absolute atomic E-state index is 0.443. The second-order valence-corrected chi connectivity index (χ2v) is 3.66. The number of carbonyl (C=O) groups excluding carboxylic acids is 4. The van der Waals surface area contributed by atoms with Gasteiger partial charge in [0.15, 0.2) is 0 Å². The van der Waals surface area contributed by atoms with Crippen LogP contribution in [0.4, 0.5) is 9.59 Å². The highest BCUT2D eigenvalue weighted by Gasteiger charge is 2.47. The third-order valence-electron chi connectivity index (χ3n) is 2.28. The number of hydrogen-bond acceptors (Lipinski definition) is 7. The number of rotatable bonds is 0. The van der Waals surface area contributed by atoms with E-state index in [-0.39, 0.29) is 0 Å². The van der Waals surface area contributed by atoms with E-state index in [1.54, 1.807) is 0 Å². The van der Waals surface area contributed by atoms with Gasteiger partial charge in [-0.25, -0.2) is 9.59 Å². The number of ether oxygens (including phenoxy) is 2. The number of imide groups is 2. The molecule has 0 spiro atoms. The first-order valence-electron chi connectivity index (χ1n) is 4.74. The molecule has 1 saturated heterocycles. The van der Waals surface area contributed by atoms with Crippen molar-refractivity contribution in [1.82, 2.24) is 9.80 Å². The average Bonchev–Trinajstić information content (AvgIpc) is 2.35. The van der Waals surface area contributed by atoms with Crippen LogP contribution >= 0.6 is 12.2 Å². The lowest BCUT2D eigenvalue weighted by Gasteiger charge is -2.33. The molecule has 0 aromatic carbocycles. The lowest BCUT2D eigenvalue weighted by molar-refractivity contribution is -0.143. The first kappa shape index (κ1) is 14.0. The fourth-order valence-electron chi connectivity index (χ4n) is 1.30. The topological polar surface area (TPSA) is 93.2 Å². The Morgan fingerprint density at radius 1 is 1.06 bits per heavy atom. The van der Waals surface area contributed by atoms with Gasteiger partial charge in [0.1, 0.15) is 5.92 Å². The lowest BCUT2D eigenvalue weighted by atomic mass is 10.1. The predicted molar refractivity (Wildman–Crippen MR) is 60.3 cm³/mol. The number of methoxy groups -OCH3 is 2. The molecular formula is C9H10N2O6S. The van der Waals surface area contributed by atoms with Crippen LogP contribution in [0.15, 0.2) is 0 Å². The number of thiocarbonyl (C=S) groups is 1. The molecule has 0 atom stereocenters. The Hall–Kier alpha value is -2.03. The van der Waals surface area contributed by atoms with E-state index < -0.39 is 35.0 Å². The quantitative estimate of drug-likeness (QED) is 0.457. The van der Waals surface area contributed by atoms with Crippen molar-refractivity contribution in [3.05, 3.63) is 0 Å². The summed E-state index contributed by atoms with van der Waals surface area (Å²) in [6.07, 6.45) is -2.14. The van der Waals surface area contributed by atoms with Crippen molar-refractivity contribution in [3.8, 4) is 0 Å². The fraction of sp³-hybridized carbons (Fsp3) is 0.444. The predicted octanol–water partition coefficient (Wildman–Crippen LogP) is 0.111. The minimum Gasteiger partial charge on any atom is -0.452 e. The van der Waals surface area contributed by atoms with Gasteiger partial charge in [-0.2, -0.15) is 9.80 Å². The van der Waals surface area contributed by atoms with Gasteiger partial charge in [-0.1, -0.05) is 0 Å². The SMILES string of the molecule is COC(=O)N1C(=O)C(C)C(=O)N(C(=O)OC)C1=S. The Kier molecular flexibility index (Phi) is 3.96.